The molecule has 7 rings (SSSR count). The van der Waals surface area contributed by atoms with Gasteiger partial charge in [-0.2, -0.15) is 9.97 Å². The number of anilines is 1. The first-order valence-corrected chi connectivity index (χ1v) is 15.9. The molecule has 0 aliphatic heterocycles. The van der Waals surface area contributed by atoms with Crippen molar-refractivity contribution in [3.63, 3.8) is 0 Å². The standard InChI is InChI=1S/C38H32N6O5/c1-4-29(39)44(49-20-19-43(2)3)38-41-36(27-17-9-15-25-30(27)34(47)23-13-7-5-11-21(23)32(25)45)40-37(42-38)28-18-10-16-26-31(28)35(48)24-14-8-6-12-22(24)33(26)46/h5-18,29H,4,19-20,39H2,1-3H3. The quantitative estimate of drug-likeness (QED) is 0.170. The van der Waals surface area contributed by atoms with E-state index in [1.54, 1.807) is 84.9 Å². The number of hydroxylamine groups is 1. The molecule has 11 heteroatoms. The van der Waals surface area contributed by atoms with Gasteiger partial charge in [0.05, 0.1) is 6.61 Å². The van der Waals surface area contributed by atoms with Crippen molar-refractivity contribution in [3.05, 3.63) is 129 Å². The van der Waals surface area contributed by atoms with Crippen molar-refractivity contribution in [2.75, 3.05) is 32.3 Å². The van der Waals surface area contributed by atoms with E-state index in [0.717, 1.165) is 0 Å². The third kappa shape index (κ3) is 5.43. The van der Waals surface area contributed by atoms with Crippen molar-refractivity contribution in [1.82, 2.24) is 19.9 Å². The van der Waals surface area contributed by atoms with E-state index in [2.05, 4.69) is 0 Å². The minimum absolute atomic E-state index is 0.0354. The molecule has 11 nitrogen and oxygen atoms in total. The van der Waals surface area contributed by atoms with Gasteiger partial charge >= 0.3 is 0 Å². The van der Waals surface area contributed by atoms with E-state index in [1.807, 2.05) is 25.9 Å². The van der Waals surface area contributed by atoms with Crippen LogP contribution in [-0.4, -0.2) is 76.4 Å². The Bertz CT molecular complexity index is 2060. The molecule has 1 aromatic heterocycles. The fourth-order valence-corrected chi connectivity index (χ4v) is 6.16. The number of rotatable bonds is 9. The van der Waals surface area contributed by atoms with Gasteiger partial charge in [-0.15, -0.1) is 0 Å². The largest absolute Gasteiger partial charge is 0.309 e. The Labute approximate surface area is 282 Å². The van der Waals surface area contributed by atoms with Gasteiger partial charge in [0.1, 0.15) is 6.17 Å². The number of benzene rings is 4. The van der Waals surface area contributed by atoms with Crippen LogP contribution < -0.4 is 10.8 Å². The van der Waals surface area contributed by atoms with Crippen molar-refractivity contribution in [2.45, 2.75) is 19.5 Å². The molecular formula is C38H32N6O5. The van der Waals surface area contributed by atoms with Gasteiger partial charge in [0.2, 0.25) is 0 Å². The molecule has 4 aromatic carbocycles. The molecule has 49 heavy (non-hydrogen) atoms. The second-order valence-electron chi connectivity index (χ2n) is 12.1. The highest BCUT2D eigenvalue weighted by molar-refractivity contribution is 6.31. The van der Waals surface area contributed by atoms with E-state index in [4.69, 9.17) is 25.5 Å². The molecule has 0 saturated carbocycles. The first kappa shape index (κ1) is 31.8. The fraction of sp³-hybridized carbons (Fsp3) is 0.184. The number of nitrogens with two attached hydrogens (primary N) is 1. The van der Waals surface area contributed by atoms with Gasteiger partial charge in [-0.1, -0.05) is 91.9 Å². The monoisotopic (exact) mass is 652 g/mol. The zero-order valence-electron chi connectivity index (χ0n) is 27.1. The van der Waals surface area contributed by atoms with Crippen LogP contribution >= 0.6 is 0 Å². The van der Waals surface area contributed by atoms with E-state index in [9.17, 15) is 19.2 Å². The Kier molecular flexibility index (Phi) is 8.25. The summed E-state index contributed by atoms with van der Waals surface area (Å²) in [7, 11) is 3.83. The summed E-state index contributed by atoms with van der Waals surface area (Å²) >= 11 is 0. The molecule has 244 valence electrons. The number of carbonyl (C=O) groups excluding carboxylic acids is 4. The highest BCUT2D eigenvalue weighted by Gasteiger charge is 2.35. The van der Waals surface area contributed by atoms with Crippen LogP contribution in [0.3, 0.4) is 0 Å². The van der Waals surface area contributed by atoms with Crippen molar-refractivity contribution in [3.8, 4) is 22.8 Å². The summed E-state index contributed by atoms with van der Waals surface area (Å²) in [5.41, 5.74) is 9.11. The number of fused-ring (bicyclic) bond motifs is 4. The molecular weight excluding hydrogens is 620 g/mol. The predicted octanol–water partition coefficient (Wildman–Crippen LogP) is 4.75. The number of aromatic nitrogens is 3. The van der Waals surface area contributed by atoms with E-state index in [0.29, 0.717) is 35.2 Å². The average molecular weight is 653 g/mol. The second kappa shape index (κ2) is 12.7. The molecule has 0 amide bonds. The van der Waals surface area contributed by atoms with Crippen LogP contribution in [0.1, 0.15) is 77.0 Å². The molecule has 2 aliphatic carbocycles. The lowest BCUT2D eigenvalue weighted by Crippen LogP contribution is -2.44. The van der Waals surface area contributed by atoms with Gasteiger partial charge in [-0.25, -0.2) is 10.0 Å². The first-order valence-electron chi connectivity index (χ1n) is 15.9. The summed E-state index contributed by atoms with van der Waals surface area (Å²) in [5, 5.41) is 1.40. The third-order valence-electron chi connectivity index (χ3n) is 8.70. The maximum atomic E-state index is 14.0. The van der Waals surface area contributed by atoms with Crippen molar-refractivity contribution < 1.29 is 24.0 Å². The highest BCUT2D eigenvalue weighted by Crippen LogP contribution is 2.37. The maximum Gasteiger partial charge on any atom is 0.255 e. The van der Waals surface area contributed by atoms with Gasteiger partial charge in [-0.05, 0) is 20.5 Å². The molecule has 1 heterocycles. The zero-order valence-corrected chi connectivity index (χ0v) is 27.1. The molecule has 0 fully saturated rings. The van der Waals surface area contributed by atoms with Crippen LogP contribution in [0.5, 0.6) is 0 Å². The lowest BCUT2D eigenvalue weighted by molar-refractivity contribution is 0.0712. The minimum atomic E-state index is -0.676. The lowest BCUT2D eigenvalue weighted by Gasteiger charge is -2.28. The SMILES string of the molecule is CCC(N)N(OCCN(C)C)c1nc(-c2cccc3c2C(=O)c2ccccc2C3=O)nc(-c2cccc3c2C(=O)c2ccccc2C3=O)n1. The number of nitrogens with zero attached hydrogens (tertiary/aromatic N) is 5. The number of carbonyl (C=O) groups is 4. The minimum Gasteiger partial charge on any atom is -0.309 e. The normalized spacial score (nSPS) is 13.9. The van der Waals surface area contributed by atoms with Crippen LogP contribution in [0, 0.1) is 0 Å². The average Bonchev–Trinajstić information content (AvgIpc) is 3.13. The van der Waals surface area contributed by atoms with E-state index in [1.165, 1.54) is 5.06 Å². The molecule has 1 unspecified atom stereocenters. The summed E-state index contributed by atoms with van der Waals surface area (Å²) < 4.78 is 0. The molecule has 2 N–H and O–H groups in total. The second-order valence-corrected chi connectivity index (χ2v) is 12.1. The van der Waals surface area contributed by atoms with Crippen LogP contribution in [0.2, 0.25) is 0 Å². The molecule has 0 spiro atoms. The fourth-order valence-electron chi connectivity index (χ4n) is 6.16. The van der Waals surface area contributed by atoms with Crippen molar-refractivity contribution in [2.24, 2.45) is 5.73 Å². The van der Waals surface area contributed by atoms with Crippen molar-refractivity contribution in [1.29, 1.82) is 0 Å². The van der Waals surface area contributed by atoms with Gasteiger partial charge in [0, 0.05) is 62.2 Å². The third-order valence-corrected chi connectivity index (χ3v) is 8.70. The topological polar surface area (TPSA) is 149 Å². The summed E-state index contributed by atoms with van der Waals surface area (Å²) in [6, 6.07) is 23.3. The molecule has 1 atom stereocenters. The Morgan fingerprint density at radius 2 is 1.00 bits per heavy atom. The Morgan fingerprint density at radius 1 is 0.592 bits per heavy atom. The number of hydrogen-bond acceptors (Lipinski definition) is 11. The van der Waals surface area contributed by atoms with E-state index < -0.39 is 6.17 Å². The molecule has 0 radical (unpaired) electrons. The number of likely N-dealkylation sites (N-methyl/N-ethyl adjacent to an activating group) is 1. The van der Waals surface area contributed by atoms with Gasteiger partial charge < -0.3 is 10.6 Å². The highest BCUT2D eigenvalue weighted by atomic mass is 16.7. The van der Waals surface area contributed by atoms with Crippen LogP contribution in [-0.2, 0) is 4.84 Å². The van der Waals surface area contributed by atoms with E-state index in [-0.39, 0.29) is 80.7 Å². The van der Waals surface area contributed by atoms with Gasteiger partial charge in [0.15, 0.2) is 34.8 Å². The Balaban J connectivity index is 1.46. The lowest BCUT2D eigenvalue weighted by atomic mass is 9.81. The molecule has 5 aromatic rings. The van der Waals surface area contributed by atoms with Crippen LogP contribution in [0.25, 0.3) is 22.8 Å². The van der Waals surface area contributed by atoms with Gasteiger partial charge in [0.25, 0.3) is 5.95 Å². The predicted molar refractivity (Wildman–Crippen MR) is 183 cm³/mol. The number of ketones is 4. The van der Waals surface area contributed by atoms with E-state index >= 15 is 0 Å². The maximum absolute atomic E-state index is 14.0. The summed E-state index contributed by atoms with van der Waals surface area (Å²) in [6.07, 6.45) is -0.210. The Hall–Kier alpha value is -5.75. The molecule has 0 bridgehead atoms. The van der Waals surface area contributed by atoms with Crippen molar-refractivity contribution >= 4 is 29.1 Å². The van der Waals surface area contributed by atoms with Gasteiger partial charge in [-0.3, -0.25) is 24.0 Å². The first-order chi connectivity index (χ1) is 23.7. The molecule has 0 saturated heterocycles. The van der Waals surface area contributed by atoms with Crippen LogP contribution in [0.15, 0.2) is 84.9 Å². The molecule has 2 aliphatic rings. The number of hydrogen-bond donors (Lipinski definition) is 1. The van der Waals surface area contributed by atoms with Crippen LogP contribution in [0.4, 0.5) is 5.95 Å². The summed E-state index contributed by atoms with van der Waals surface area (Å²) in [6.45, 7) is 2.72. The Morgan fingerprint density at radius 3 is 1.43 bits per heavy atom. The summed E-state index contributed by atoms with van der Waals surface area (Å²) in [5.74, 6) is -1.10. The smallest absolute Gasteiger partial charge is 0.255 e. The summed E-state index contributed by atoms with van der Waals surface area (Å²) in [4.78, 5) is 77.7. The zero-order chi connectivity index (χ0) is 34.4.